The summed E-state index contributed by atoms with van der Waals surface area (Å²) in [6.07, 6.45) is 37.9. The summed E-state index contributed by atoms with van der Waals surface area (Å²) in [7, 11) is 0. The van der Waals surface area contributed by atoms with E-state index in [1.807, 2.05) is 18.2 Å². The highest BCUT2D eigenvalue weighted by Gasteiger charge is 2.35. The van der Waals surface area contributed by atoms with E-state index in [0.717, 1.165) is 180 Å². The van der Waals surface area contributed by atoms with Crippen molar-refractivity contribution in [2.45, 2.75) is 273 Å². The van der Waals surface area contributed by atoms with Gasteiger partial charge in [0.15, 0.2) is 23.0 Å². The van der Waals surface area contributed by atoms with Crippen molar-refractivity contribution in [3.63, 3.8) is 0 Å². The molecular formula is C66H106N2O10. The third-order valence-corrected chi connectivity index (χ3v) is 15.2. The summed E-state index contributed by atoms with van der Waals surface area (Å²) >= 11 is 0. The molecule has 4 aromatic rings. The van der Waals surface area contributed by atoms with Gasteiger partial charge in [-0.2, -0.15) is 0 Å². The van der Waals surface area contributed by atoms with Crippen molar-refractivity contribution in [3.05, 3.63) is 44.5 Å². The third kappa shape index (κ3) is 22.4. The van der Waals surface area contributed by atoms with E-state index >= 15 is 0 Å². The Morgan fingerprint density at radius 1 is 0.282 bits per heavy atom. The van der Waals surface area contributed by atoms with Gasteiger partial charge in [0.1, 0.15) is 0 Å². The molecule has 12 heteroatoms. The van der Waals surface area contributed by atoms with Gasteiger partial charge in [-0.3, -0.25) is 20.2 Å². The van der Waals surface area contributed by atoms with Crippen molar-refractivity contribution in [1.29, 1.82) is 0 Å². The van der Waals surface area contributed by atoms with E-state index in [0.29, 0.717) is 65.2 Å². The molecule has 0 aliphatic heterocycles. The zero-order chi connectivity index (χ0) is 56.0. The summed E-state index contributed by atoms with van der Waals surface area (Å²) < 4.78 is 39.8. The number of rotatable bonds is 50. The lowest BCUT2D eigenvalue weighted by atomic mass is 9.91. The van der Waals surface area contributed by atoms with Crippen molar-refractivity contribution < 1.29 is 38.3 Å². The molecule has 0 aliphatic rings. The van der Waals surface area contributed by atoms with Crippen LogP contribution >= 0.6 is 0 Å². The second kappa shape index (κ2) is 40.4. The Bertz CT molecular complexity index is 2220. The first-order valence-electron chi connectivity index (χ1n) is 31.9. The smallest absolute Gasteiger partial charge is 0.323 e. The number of unbranched alkanes of at least 4 members (excludes halogenated alkanes) is 30. The first kappa shape index (κ1) is 65.8. The van der Waals surface area contributed by atoms with Crippen molar-refractivity contribution in [1.82, 2.24) is 0 Å². The molecule has 12 nitrogen and oxygen atoms in total. The molecule has 0 saturated heterocycles. The Morgan fingerprint density at radius 2 is 0.500 bits per heavy atom. The average molecular weight is 1090 g/mol. The summed E-state index contributed by atoms with van der Waals surface area (Å²) in [6, 6.07) is 7.40. The van der Waals surface area contributed by atoms with E-state index in [1.165, 1.54) is 51.4 Å². The van der Waals surface area contributed by atoms with Crippen LogP contribution in [-0.2, 0) is 0 Å². The third-order valence-electron chi connectivity index (χ3n) is 15.2. The predicted molar refractivity (Wildman–Crippen MR) is 325 cm³/mol. The highest BCUT2D eigenvalue weighted by molar-refractivity contribution is 6.31. The van der Waals surface area contributed by atoms with Crippen molar-refractivity contribution in [2.24, 2.45) is 0 Å². The fraction of sp³-hybridized carbons (Fsp3) is 0.727. The van der Waals surface area contributed by atoms with Crippen molar-refractivity contribution >= 4 is 43.7 Å². The number of benzene rings is 4. The molecule has 0 bridgehead atoms. The van der Waals surface area contributed by atoms with Gasteiger partial charge in [-0.25, -0.2) is 0 Å². The Kier molecular flexibility index (Phi) is 34.1. The van der Waals surface area contributed by atoms with Crippen LogP contribution in [0.1, 0.15) is 273 Å². The van der Waals surface area contributed by atoms with Gasteiger partial charge in [0.25, 0.3) is 0 Å². The lowest BCUT2D eigenvalue weighted by Crippen LogP contribution is -2.08. The van der Waals surface area contributed by atoms with Gasteiger partial charge < -0.3 is 28.4 Å². The molecule has 0 unspecified atom stereocenters. The number of hydrogen-bond donors (Lipinski definition) is 0. The van der Waals surface area contributed by atoms with Crippen LogP contribution in [0.2, 0.25) is 0 Å². The van der Waals surface area contributed by atoms with Gasteiger partial charge in [-0.05, 0) is 68.2 Å². The van der Waals surface area contributed by atoms with Crippen LogP contribution in [-0.4, -0.2) is 49.5 Å². The molecule has 78 heavy (non-hydrogen) atoms. The molecule has 0 atom stereocenters. The van der Waals surface area contributed by atoms with Gasteiger partial charge in [-0.1, -0.05) is 234 Å². The molecule has 0 aliphatic carbocycles. The van der Waals surface area contributed by atoms with Crippen LogP contribution in [0.15, 0.2) is 24.3 Å². The van der Waals surface area contributed by atoms with E-state index < -0.39 is 0 Å². The number of nitro groups is 2. The maximum atomic E-state index is 14.1. The van der Waals surface area contributed by atoms with Gasteiger partial charge >= 0.3 is 11.4 Å². The number of fused-ring (bicyclic) bond motifs is 6. The Hall–Kier alpha value is -4.74. The molecule has 0 radical (unpaired) electrons. The van der Waals surface area contributed by atoms with Gasteiger partial charge in [0, 0.05) is 16.2 Å². The molecule has 0 fully saturated rings. The fourth-order valence-corrected chi connectivity index (χ4v) is 10.6. The quantitative estimate of drug-likeness (QED) is 0.0182. The monoisotopic (exact) mass is 1090 g/mol. The number of hydrogen-bond acceptors (Lipinski definition) is 10. The highest BCUT2D eigenvalue weighted by atomic mass is 16.6. The second-order valence-corrected chi connectivity index (χ2v) is 22.0. The summed E-state index contributed by atoms with van der Waals surface area (Å²) in [5.41, 5.74) is -0.559. The van der Waals surface area contributed by atoms with Crippen molar-refractivity contribution in [2.75, 3.05) is 39.6 Å². The Morgan fingerprint density at radius 3 is 0.782 bits per heavy atom. The van der Waals surface area contributed by atoms with E-state index in [4.69, 9.17) is 28.4 Å². The topological polar surface area (TPSA) is 142 Å². The van der Waals surface area contributed by atoms with Gasteiger partial charge in [0.05, 0.1) is 60.3 Å². The fourth-order valence-electron chi connectivity index (χ4n) is 10.6. The zero-order valence-electron chi connectivity index (χ0n) is 50.0. The van der Waals surface area contributed by atoms with Crippen LogP contribution in [0.25, 0.3) is 32.3 Å². The lowest BCUT2D eigenvalue weighted by molar-refractivity contribution is -0.384. The molecular weight excluding hydrogens is 981 g/mol. The van der Waals surface area contributed by atoms with E-state index in [-0.39, 0.29) is 62.5 Å². The maximum absolute atomic E-state index is 14.1. The molecule has 0 amide bonds. The lowest BCUT2D eigenvalue weighted by Gasteiger charge is -2.21. The first-order chi connectivity index (χ1) is 38.3. The van der Waals surface area contributed by atoms with Crippen LogP contribution in [0.4, 0.5) is 11.4 Å². The first-order valence-corrected chi connectivity index (χ1v) is 31.9. The summed E-state index contributed by atoms with van der Waals surface area (Å²) in [5, 5.41) is 30.5. The molecule has 0 heterocycles. The van der Waals surface area contributed by atoms with E-state index in [1.54, 1.807) is 6.07 Å². The normalized spacial score (nSPS) is 11.5. The standard InChI is InChI=1S/C66H106N2O10/c1-7-13-19-25-31-37-43-73-57-49-53-54(50-58(57)74-44-38-32-26-20-14-8-2)61-56(52-60(76-46-40-34-28-22-16-10-4)66(63(61)67(69)70)78-48-42-36-30-24-18-12-6)62-55(53)51-59(75-45-39-33-27-21-15-9-3)65(64(62)68(71)72)77-47-41-35-29-23-17-11-5/h49-52H,7-48H2,1-6H3. The largest absolute Gasteiger partial charge is 0.490 e. The number of nitrogens with zero attached hydrogens (tertiary/aromatic N) is 2. The predicted octanol–water partition coefficient (Wildman–Crippen LogP) is 21.4. The van der Waals surface area contributed by atoms with Crippen LogP contribution in [0, 0.1) is 20.2 Å². The van der Waals surface area contributed by atoms with Gasteiger partial charge in [-0.15, -0.1) is 0 Å². The molecule has 4 aromatic carbocycles. The minimum atomic E-state index is -0.388. The van der Waals surface area contributed by atoms with Crippen molar-refractivity contribution in [3.8, 4) is 34.5 Å². The van der Waals surface area contributed by atoms with Crippen LogP contribution < -0.4 is 28.4 Å². The summed E-state index contributed by atoms with van der Waals surface area (Å²) in [6.45, 7) is 15.3. The molecule has 0 N–H and O–H groups in total. The Balaban J connectivity index is 2.09. The highest BCUT2D eigenvalue weighted by Crippen LogP contribution is 2.55. The summed E-state index contributed by atoms with van der Waals surface area (Å²) in [4.78, 5) is 27.4. The van der Waals surface area contributed by atoms with E-state index in [2.05, 4.69) is 41.5 Å². The molecule has 4 rings (SSSR count). The van der Waals surface area contributed by atoms with E-state index in [9.17, 15) is 20.2 Å². The van der Waals surface area contributed by atoms with Crippen LogP contribution in [0.3, 0.4) is 0 Å². The molecule has 0 saturated carbocycles. The SMILES string of the molecule is CCCCCCCCOc1cc2c(cc1OCCCCCCCC)c1c([N+](=O)[O-])c(OCCCCCCCC)c(OCCCCCCCC)cc1c1c([N+](=O)[O-])c(OCCCCCCCC)c(OCCCCCCCC)cc21. The Labute approximate surface area is 471 Å². The van der Waals surface area contributed by atoms with Crippen LogP contribution in [0.5, 0.6) is 34.5 Å². The molecule has 440 valence electrons. The second-order valence-electron chi connectivity index (χ2n) is 22.0. The molecule has 0 spiro atoms. The van der Waals surface area contributed by atoms with Gasteiger partial charge in [0.2, 0.25) is 11.5 Å². The minimum absolute atomic E-state index is 0.0479. The number of nitro benzene ring substituents is 2. The summed E-state index contributed by atoms with van der Waals surface area (Å²) in [5.74, 6) is 1.59. The zero-order valence-corrected chi connectivity index (χ0v) is 50.0. The average Bonchev–Trinajstić information content (AvgIpc) is 3.62. The minimum Gasteiger partial charge on any atom is -0.490 e. The maximum Gasteiger partial charge on any atom is 0.323 e. The number of ether oxygens (including phenoxy) is 6. The molecule has 0 aromatic heterocycles.